The smallest absolute Gasteiger partial charge is 0.296 e. The highest BCUT2D eigenvalue weighted by Crippen LogP contribution is 2.29. The van der Waals surface area contributed by atoms with Crippen molar-refractivity contribution in [3.8, 4) is 5.75 Å². The van der Waals surface area contributed by atoms with Gasteiger partial charge in [-0.2, -0.15) is 0 Å². The standard InChI is InChI=1S/C19H17N3O4S2/c1-12-20-14(10-27-12)11-28-16-6-3-13(4-7-16)19(23)21-17-8-5-15(26-2)9-18(17)22(24)25/h3-10H,11H2,1-2H3,(H,21,23). The summed E-state index contributed by atoms with van der Waals surface area (Å²) in [6.07, 6.45) is 0. The number of anilines is 1. The minimum atomic E-state index is -0.557. The number of thioether (sulfide) groups is 1. The molecule has 7 nitrogen and oxygen atoms in total. The summed E-state index contributed by atoms with van der Waals surface area (Å²) < 4.78 is 5.00. The normalized spacial score (nSPS) is 10.5. The van der Waals surface area contributed by atoms with Crippen LogP contribution in [0.25, 0.3) is 0 Å². The van der Waals surface area contributed by atoms with Crippen LogP contribution < -0.4 is 10.1 Å². The van der Waals surface area contributed by atoms with Crippen LogP contribution in [0.2, 0.25) is 0 Å². The number of aromatic nitrogens is 1. The van der Waals surface area contributed by atoms with Crippen LogP contribution in [0, 0.1) is 17.0 Å². The van der Waals surface area contributed by atoms with Gasteiger partial charge >= 0.3 is 0 Å². The number of ether oxygens (including phenoxy) is 1. The number of amides is 1. The monoisotopic (exact) mass is 415 g/mol. The van der Waals surface area contributed by atoms with Gasteiger partial charge in [-0.15, -0.1) is 23.1 Å². The second kappa shape index (κ2) is 8.85. The number of hydrogen-bond acceptors (Lipinski definition) is 7. The number of thiazole rings is 1. The molecule has 0 atom stereocenters. The molecule has 0 aliphatic heterocycles. The van der Waals surface area contributed by atoms with Crippen molar-refractivity contribution in [2.24, 2.45) is 0 Å². The molecule has 0 spiro atoms. The summed E-state index contributed by atoms with van der Waals surface area (Å²) in [5.41, 5.74) is 1.34. The molecule has 2 aromatic carbocycles. The van der Waals surface area contributed by atoms with E-state index < -0.39 is 10.8 Å². The van der Waals surface area contributed by atoms with E-state index in [1.807, 2.05) is 24.4 Å². The van der Waals surface area contributed by atoms with E-state index >= 15 is 0 Å². The Bertz CT molecular complexity index is 1000. The highest BCUT2D eigenvalue weighted by Gasteiger charge is 2.18. The van der Waals surface area contributed by atoms with Crippen LogP contribution in [0.15, 0.2) is 52.7 Å². The van der Waals surface area contributed by atoms with Crippen LogP contribution in [0.5, 0.6) is 5.75 Å². The number of aryl methyl sites for hydroxylation is 1. The minimum absolute atomic E-state index is 0.119. The van der Waals surface area contributed by atoms with Gasteiger partial charge in [-0.3, -0.25) is 14.9 Å². The van der Waals surface area contributed by atoms with Crippen molar-refractivity contribution in [2.75, 3.05) is 12.4 Å². The Morgan fingerprint density at radius 1 is 1.29 bits per heavy atom. The maximum Gasteiger partial charge on any atom is 0.296 e. The number of rotatable bonds is 7. The fourth-order valence-electron chi connectivity index (χ4n) is 2.42. The van der Waals surface area contributed by atoms with Gasteiger partial charge in [-0.1, -0.05) is 0 Å². The van der Waals surface area contributed by atoms with Gasteiger partial charge in [-0.25, -0.2) is 4.98 Å². The lowest BCUT2D eigenvalue weighted by Crippen LogP contribution is -2.13. The van der Waals surface area contributed by atoms with Crippen molar-refractivity contribution in [3.63, 3.8) is 0 Å². The van der Waals surface area contributed by atoms with Gasteiger partial charge in [0.05, 0.1) is 28.8 Å². The predicted octanol–water partition coefficient (Wildman–Crippen LogP) is 4.91. The number of carbonyl (C=O) groups is 1. The molecule has 1 N–H and O–H groups in total. The van der Waals surface area contributed by atoms with Gasteiger partial charge in [0.2, 0.25) is 0 Å². The number of nitro benzene ring substituents is 1. The van der Waals surface area contributed by atoms with Crippen LogP contribution in [-0.4, -0.2) is 22.9 Å². The zero-order valence-electron chi connectivity index (χ0n) is 15.2. The van der Waals surface area contributed by atoms with Gasteiger partial charge in [0.25, 0.3) is 11.6 Å². The second-order valence-corrected chi connectivity index (χ2v) is 7.88. The molecule has 1 amide bonds. The van der Waals surface area contributed by atoms with Gasteiger partial charge in [-0.05, 0) is 43.3 Å². The van der Waals surface area contributed by atoms with E-state index in [9.17, 15) is 14.9 Å². The molecule has 0 radical (unpaired) electrons. The quantitative estimate of drug-likeness (QED) is 0.335. The first-order valence-corrected chi connectivity index (χ1v) is 10.1. The Morgan fingerprint density at radius 3 is 2.64 bits per heavy atom. The van der Waals surface area contributed by atoms with Crippen molar-refractivity contribution in [2.45, 2.75) is 17.6 Å². The zero-order chi connectivity index (χ0) is 20.1. The lowest BCUT2D eigenvalue weighted by atomic mass is 10.2. The number of carbonyl (C=O) groups excluding carboxylic acids is 1. The molecule has 0 aliphatic rings. The average Bonchev–Trinajstić information content (AvgIpc) is 3.12. The number of nitrogens with zero attached hydrogens (tertiary/aromatic N) is 2. The lowest BCUT2D eigenvalue weighted by Gasteiger charge is -2.08. The Kier molecular flexibility index (Phi) is 6.27. The number of methoxy groups -OCH3 is 1. The molecule has 9 heteroatoms. The van der Waals surface area contributed by atoms with E-state index in [0.717, 1.165) is 21.3 Å². The van der Waals surface area contributed by atoms with E-state index in [0.29, 0.717) is 11.3 Å². The molecule has 0 bridgehead atoms. The molecule has 0 aliphatic carbocycles. The Labute approximate surface area is 169 Å². The molecular formula is C19H17N3O4S2. The van der Waals surface area contributed by atoms with Gasteiger partial charge in [0, 0.05) is 21.6 Å². The number of hydrogen-bond donors (Lipinski definition) is 1. The summed E-state index contributed by atoms with van der Waals surface area (Å²) in [5.74, 6) is 0.690. The zero-order valence-corrected chi connectivity index (χ0v) is 16.8. The molecule has 28 heavy (non-hydrogen) atoms. The molecule has 0 fully saturated rings. The van der Waals surface area contributed by atoms with Crippen LogP contribution >= 0.6 is 23.1 Å². The van der Waals surface area contributed by atoms with Crippen LogP contribution in [0.1, 0.15) is 21.1 Å². The Morgan fingerprint density at radius 2 is 2.04 bits per heavy atom. The van der Waals surface area contributed by atoms with E-state index in [4.69, 9.17) is 4.74 Å². The van der Waals surface area contributed by atoms with Crippen molar-refractivity contribution in [1.82, 2.24) is 4.98 Å². The summed E-state index contributed by atoms with van der Waals surface area (Å²) in [6, 6.07) is 11.4. The second-order valence-electron chi connectivity index (χ2n) is 5.77. The molecule has 0 saturated heterocycles. The first-order chi connectivity index (χ1) is 13.5. The Balaban J connectivity index is 1.67. The molecule has 144 valence electrons. The first-order valence-electron chi connectivity index (χ1n) is 8.24. The molecule has 1 heterocycles. The Hall–Kier alpha value is -2.91. The van der Waals surface area contributed by atoms with E-state index in [-0.39, 0.29) is 11.4 Å². The molecule has 3 aromatic rings. The van der Waals surface area contributed by atoms with Crippen molar-refractivity contribution in [1.29, 1.82) is 0 Å². The van der Waals surface area contributed by atoms with Crippen LogP contribution in [0.3, 0.4) is 0 Å². The number of nitrogens with one attached hydrogen (secondary N) is 1. The fraction of sp³-hybridized carbons (Fsp3) is 0.158. The molecule has 0 unspecified atom stereocenters. The van der Waals surface area contributed by atoms with Crippen molar-refractivity contribution < 1.29 is 14.5 Å². The highest BCUT2D eigenvalue weighted by molar-refractivity contribution is 7.98. The summed E-state index contributed by atoms with van der Waals surface area (Å²) >= 11 is 3.25. The average molecular weight is 415 g/mol. The molecule has 3 rings (SSSR count). The summed E-state index contributed by atoms with van der Waals surface area (Å²) in [5, 5.41) is 16.9. The third-order valence-corrected chi connectivity index (χ3v) is 5.69. The van der Waals surface area contributed by atoms with Crippen molar-refractivity contribution >= 4 is 40.4 Å². The maximum absolute atomic E-state index is 12.5. The first kappa shape index (κ1) is 19.8. The SMILES string of the molecule is COc1ccc(NC(=O)c2ccc(SCc3csc(C)n3)cc2)c([N+](=O)[O-])c1. The molecular weight excluding hydrogens is 398 g/mol. The topological polar surface area (TPSA) is 94.4 Å². The third kappa shape index (κ3) is 4.87. The lowest BCUT2D eigenvalue weighted by molar-refractivity contribution is -0.384. The predicted molar refractivity (Wildman–Crippen MR) is 110 cm³/mol. The number of benzene rings is 2. The molecule has 1 aromatic heterocycles. The van der Waals surface area contributed by atoms with E-state index in [2.05, 4.69) is 10.3 Å². The van der Waals surface area contributed by atoms with Crippen LogP contribution in [-0.2, 0) is 5.75 Å². The minimum Gasteiger partial charge on any atom is -0.496 e. The largest absolute Gasteiger partial charge is 0.496 e. The van der Waals surface area contributed by atoms with Gasteiger partial charge in [0.1, 0.15) is 11.4 Å². The van der Waals surface area contributed by atoms with E-state index in [1.165, 1.54) is 19.2 Å². The third-order valence-electron chi connectivity index (χ3n) is 3.82. The molecule has 0 saturated carbocycles. The van der Waals surface area contributed by atoms with Gasteiger partial charge < -0.3 is 10.1 Å². The highest BCUT2D eigenvalue weighted by atomic mass is 32.2. The number of nitro groups is 1. The summed E-state index contributed by atoms with van der Waals surface area (Å²) in [7, 11) is 1.42. The van der Waals surface area contributed by atoms with E-state index in [1.54, 1.807) is 41.3 Å². The summed E-state index contributed by atoms with van der Waals surface area (Å²) in [4.78, 5) is 28.6. The van der Waals surface area contributed by atoms with Crippen molar-refractivity contribution in [3.05, 3.63) is 74.2 Å². The maximum atomic E-state index is 12.5. The fourth-order valence-corrected chi connectivity index (χ4v) is 3.93. The van der Waals surface area contributed by atoms with Gasteiger partial charge in [0.15, 0.2) is 0 Å². The summed E-state index contributed by atoms with van der Waals surface area (Å²) in [6.45, 7) is 1.97. The van der Waals surface area contributed by atoms with Crippen LogP contribution in [0.4, 0.5) is 11.4 Å².